The molecule has 0 fully saturated rings. The fraction of sp³-hybridized carbons (Fsp3) is 0.179. The molecule has 9 heteroatoms. The number of carbonyl (C=O) groups is 1. The van der Waals surface area contributed by atoms with Crippen molar-refractivity contribution in [3.8, 4) is 11.5 Å². The number of fused-ring (bicyclic) bond motifs is 1. The predicted octanol–water partition coefficient (Wildman–Crippen LogP) is 5.46. The van der Waals surface area contributed by atoms with Gasteiger partial charge in [0.15, 0.2) is 0 Å². The fourth-order valence-electron chi connectivity index (χ4n) is 4.17. The molecule has 5 rings (SSSR count). The van der Waals surface area contributed by atoms with Crippen LogP contribution < -0.4 is 10.2 Å². The zero-order valence-electron chi connectivity index (χ0n) is 20.4. The normalized spacial score (nSPS) is 12.0. The van der Waals surface area contributed by atoms with Gasteiger partial charge in [-0.2, -0.15) is 0 Å². The number of rotatable bonds is 9. The molecule has 0 bridgehead atoms. The van der Waals surface area contributed by atoms with Gasteiger partial charge in [0.2, 0.25) is 11.8 Å². The van der Waals surface area contributed by atoms with Crippen LogP contribution in [0.25, 0.3) is 22.4 Å². The van der Waals surface area contributed by atoms with E-state index in [0.29, 0.717) is 12.1 Å². The van der Waals surface area contributed by atoms with Crippen LogP contribution in [0, 0.1) is 5.82 Å². The molecule has 1 amide bonds. The summed E-state index contributed by atoms with van der Waals surface area (Å²) in [4.78, 5) is 18.2. The maximum Gasteiger partial charge on any atom is 0.277 e. The second-order valence-corrected chi connectivity index (χ2v) is 9.73. The van der Waals surface area contributed by atoms with Crippen LogP contribution in [0.1, 0.15) is 17.0 Å². The van der Waals surface area contributed by atoms with E-state index in [1.165, 1.54) is 12.1 Å². The predicted molar refractivity (Wildman–Crippen MR) is 144 cm³/mol. The van der Waals surface area contributed by atoms with E-state index in [4.69, 9.17) is 4.42 Å². The number of H-pyrrole nitrogens is 1. The first kappa shape index (κ1) is 24.6. The monoisotopic (exact) mass is 515 g/mol. The molecule has 0 saturated carbocycles. The first-order chi connectivity index (χ1) is 18.0. The zero-order chi connectivity index (χ0) is 25.8. The molecular weight excluding hydrogens is 489 g/mol. The molecule has 0 aliphatic heterocycles. The van der Waals surface area contributed by atoms with Crippen LogP contribution in [0.2, 0.25) is 0 Å². The third-order valence-corrected chi connectivity index (χ3v) is 6.95. The lowest BCUT2D eigenvalue weighted by Gasteiger charge is -2.20. The van der Waals surface area contributed by atoms with Gasteiger partial charge in [-0.05, 0) is 53.6 Å². The molecule has 3 aromatic carbocycles. The summed E-state index contributed by atoms with van der Waals surface area (Å²) in [5.41, 5.74) is 5.03. The van der Waals surface area contributed by atoms with Crippen molar-refractivity contribution < 1.29 is 13.6 Å². The Morgan fingerprint density at radius 2 is 1.81 bits per heavy atom. The largest absolute Gasteiger partial charge is 0.411 e. The lowest BCUT2D eigenvalue weighted by Crippen LogP contribution is -2.30. The zero-order valence-corrected chi connectivity index (χ0v) is 21.3. The number of hydrogen-bond acceptors (Lipinski definition) is 6. The van der Waals surface area contributed by atoms with Crippen molar-refractivity contribution in [1.82, 2.24) is 20.5 Å². The number of anilines is 1. The van der Waals surface area contributed by atoms with Gasteiger partial charge in [0.05, 0.1) is 5.75 Å². The summed E-state index contributed by atoms with van der Waals surface area (Å²) in [6.45, 7) is 0.438. The number of benzene rings is 3. The summed E-state index contributed by atoms with van der Waals surface area (Å²) >= 11 is 1.16. The molecule has 2 heterocycles. The standard InChI is InChI=1S/C28H26FN5O2S/c1-34(2)21-13-9-18(10-14-21)23(24-16-30-25-6-4-3-5-22(24)25)15-31-26(35)17-37-28-33-32-27(36-28)19-7-11-20(29)12-8-19/h3-14,16,23,30H,15,17H2,1-2H3,(H,31,35)/t23-/m0/s1. The third kappa shape index (κ3) is 5.67. The van der Waals surface area contributed by atoms with E-state index in [2.05, 4.69) is 55.7 Å². The van der Waals surface area contributed by atoms with E-state index in [1.807, 2.05) is 38.5 Å². The summed E-state index contributed by atoms with van der Waals surface area (Å²) in [5.74, 6) is -0.0979. The number of aromatic amines is 1. The lowest BCUT2D eigenvalue weighted by molar-refractivity contribution is -0.118. The van der Waals surface area contributed by atoms with Gasteiger partial charge in [-0.25, -0.2) is 4.39 Å². The van der Waals surface area contributed by atoms with E-state index in [0.717, 1.165) is 39.5 Å². The molecule has 37 heavy (non-hydrogen) atoms. The van der Waals surface area contributed by atoms with Crippen molar-refractivity contribution in [2.24, 2.45) is 0 Å². The average Bonchev–Trinajstić information content (AvgIpc) is 3.56. The van der Waals surface area contributed by atoms with Crippen LogP contribution in [0.3, 0.4) is 0 Å². The molecule has 7 nitrogen and oxygen atoms in total. The van der Waals surface area contributed by atoms with Crippen LogP contribution in [-0.2, 0) is 4.79 Å². The Morgan fingerprint density at radius 3 is 2.57 bits per heavy atom. The highest BCUT2D eigenvalue weighted by Crippen LogP contribution is 2.31. The Bertz CT molecular complexity index is 1500. The Hall–Kier alpha value is -4.11. The minimum atomic E-state index is -0.339. The van der Waals surface area contributed by atoms with Crippen molar-refractivity contribution in [3.63, 3.8) is 0 Å². The smallest absolute Gasteiger partial charge is 0.277 e. The molecule has 5 aromatic rings. The summed E-state index contributed by atoms with van der Waals surface area (Å²) in [5, 5.41) is 12.5. The minimum Gasteiger partial charge on any atom is -0.411 e. The van der Waals surface area contributed by atoms with Crippen LogP contribution in [0.5, 0.6) is 0 Å². The van der Waals surface area contributed by atoms with E-state index in [-0.39, 0.29) is 34.5 Å². The average molecular weight is 516 g/mol. The van der Waals surface area contributed by atoms with E-state index >= 15 is 0 Å². The van der Waals surface area contributed by atoms with Gasteiger partial charge in [-0.15, -0.1) is 10.2 Å². The number of nitrogens with one attached hydrogen (secondary N) is 2. The molecule has 2 aromatic heterocycles. The second-order valence-electron chi connectivity index (χ2n) is 8.80. The number of halogens is 1. The first-order valence-electron chi connectivity index (χ1n) is 11.8. The highest BCUT2D eigenvalue weighted by Gasteiger charge is 2.20. The Kier molecular flexibility index (Phi) is 7.23. The van der Waals surface area contributed by atoms with E-state index in [9.17, 15) is 9.18 Å². The quantitative estimate of drug-likeness (QED) is 0.254. The van der Waals surface area contributed by atoms with E-state index < -0.39 is 0 Å². The lowest BCUT2D eigenvalue weighted by atomic mass is 9.90. The van der Waals surface area contributed by atoms with Crippen LogP contribution in [-0.4, -0.2) is 47.5 Å². The van der Waals surface area contributed by atoms with Crippen molar-refractivity contribution >= 4 is 34.3 Å². The molecule has 0 saturated heterocycles. The summed E-state index contributed by atoms with van der Waals surface area (Å²) in [6, 6.07) is 22.4. The number of thioether (sulfide) groups is 1. The number of aromatic nitrogens is 3. The van der Waals surface area contributed by atoms with Gasteiger partial charge in [0.25, 0.3) is 5.22 Å². The van der Waals surface area contributed by atoms with Crippen molar-refractivity contribution in [1.29, 1.82) is 0 Å². The van der Waals surface area contributed by atoms with Gasteiger partial charge in [0, 0.05) is 54.9 Å². The first-order valence-corrected chi connectivity index (χ1v) is 12.8. The number of para-hydroxylation sites is 1. The summed E-state index contributed by atoms with van der Waals surface area (Å²) in [6.07, 6.45) is 2.02. The third-order valence-electron chi connectivity index (χ3n) is 6.14. The van der Waals surface area contributed by atoms with Crippen LogP contribution in [0.15, 0.2) is 88.6 Å². The van der Waals surface area contributed by atoms with Gasteiger partial charge < -0.3 is 19.6 Å². The van der Waals surface area contributed by atoms with Crippen molar-refractivity contribution in [2.75, 3.05) is 31.3 Å². The highest BCUT2D eigenvalue weighted by molar-refractivity contribution is 7.99. The molecule has 0 aliphatic carbocycles. The van der Waals surface area contributed by atoms with Crippen molar-refractivity contribution in [3.05, 3.63) is 95.9 Å². The molecule has 0 unspecified atom stereocenters. The number of amides is 1. The fourth-order valence-corrected chi connectivity index (χ4v) is 4.76. The van der Waals surface area contributed by atoms with Gasteiger partial charge in [-0.1, -0.05) is 42.1 Å². The molecule has 188 valence electrons. The molecule has 1 atom stereocenters. The summed E-state index contributed by atoms with van der Waals surface area (Å²) < 4.78 is 18.8. The SMILES string of the molecule is CN(C)c1ccc([C@H](CNC(=O)CSc2nnc(-c3ccc(F)cc3)o2)c2c[nH]c3ccccc23)cc1. The number of hydrogen-bond donors (Lipinski definition) is 2. The topological polar surface area (TPSA) is 87.1 Å². The molecule has 2 N–H and O–H groups in total. The Labute approximate surface area is 218 Å². The van der Waals surface area contributed by atoms with E-state index in [1.54, 1.807) is 12.1 Å². The van der Waals surface area contributed by atoms with Crippen LogP contribution >= 0.6 is 11.8 Å². The second kappa shape index (κ2) is 10.9. The Balaban J connectivity index is 1.27. The van der Waals surface area contributed by atoms with Crippen LogP contribution in [0.4, 0.5) is 10.1 Å². The van der Waals surface area contributed by atoms with Gasteiger partial charge in [-0.3, -0.25) is 4.79 Å². The summed E-state index contributed by atoms with van der Waals surface area (Å²) in [7, 11) is 4.02. The molecule has 0 aliphatic rings. The maximum absolute atomic E-state index is 13.2. The number of carbonyl (C=O) groups excluding carboxylic acids is 1. The molecule has 0 radical (unpaired) electrons. The highest BCUT2D eigenvalue weighted by atomic mass is 32.2. The van der Waals surface area contributed by atoms with Crippen molar-refractivity contribution in [2.45, 2.75) is 11.1 Å². The van der Waals surface area contributed by atoms with Gasteiger partial charge >= 0.3 is 0 Å². The number of nitrogens with zero attached hydrogens (tertiary/aromatic N) is 3. The minimum absolute atomic E-state index is 0.0326. The Morgan fingerprint density at radius 1 is 1.05 bits per heavy atom. The van der Waals surface area contributed by atoms with Gasteiger partial charge in [0.1, 0.15) is 5.82 Å². The molecule has 0 spiro atoms. The maximum atomic E-state index is 13.2. The molecular formula is C28H26FN5O2S.